The molecule has 0 saturated heterocycles. The predicted octanol–water partition coefficient (Wildman–Crippen LogP) is 0.864. The molecular weight excluding hydrogens is 183 g/mol. The Bertz CT molecular complexity index is 382. The molecule has 0 aliphatic heterocycles. The van der Waals surface area contributed by atoms with Gasteiger partial charge < -0.3 is 10.8 Å². The van der Waals surface area contributed by atoms with Crippen molar-refractivity contribution in [2.45, 2.75) is 12.5 Å². The maximum atomic E-state index is 12.9. The fourth-order valence-electron chi connectivity index (χ4n) is 1.06. The summed E-state index contributed by atoms with van der Waals surface area (Å²) in [5.41, 5.74) is 5.26. The molecule has 1 rings (SSSR count). The van der Waals surface area contributed by atoms with Gasteiger partial charge in [-0.25, -0.2) is 4.39 Å². The van der Waals surface area contributed by atoms with Gasteiger partial charge in [0.05, 0.1) is 17.7 Å². The largest absolute Gasteiger partial charge is 0.394 e. The number of nitrogens with two attached hydrogens (primary N) is 1. The van der Waals surface area contributed by atoms with Crippen LogP contribution in [0.25, 0.3) is 0 Å². The maximum absolute atomic E-state index is 12.9. The average Bonchev–Trinajstić information content (AvgIpc) is 2.18. The van der Waals surface area contributed by atoms with Crippen LogP contribution in [-0.4, -0.2) is 11.7 Å². The minimum Gasteiger partial charge on any atom is -0.394 e. The highest BCUT2D eigenvalue weighted by Crippen LogP contribution is 2.19. The molecule has 0 bridgehead atoms. The molecule has 0 unspecified atom stereocenters. The van der Waals surface area contributed by atoms with Crippen LogP contribution in [0.4, 0.5) is 4.39 Å². The van der Waals surface area contributed by atoms with Gasteiger partial charge in [0.25, 0.3) is 0 Å². The molecule has 4 heteroatoms. The first-order valence-electron chi connectivity index (χ1n) is 4.11. The van der Waals surface area contributed by atoms with Crippen LogP contribution in [0, 0.1) is 17.1 Å². The van der Waals surface area contributed by atoms with Gasteiger partial charge in [-0.05, 0) is 24.6 Å². The summed E-state index contributed by atoms with van der Waals surface area (Å²) < 4.78 is 12.9. The molecule has 0 fully saturated rings. The van der Waals surface area contributed by atoms with Gasteiger partial charge in [-0.1, -0.05) is 6.07 Å². The smallest absolute Gasteiger partial charge is 0.140 e. The number of hydrogen-bond donors (Lipinski definition) is 2. The molecule has 1 aromatic rings. The number of aliphatic hydroxyl groups excluding tert-OH is 1. The van der Waals surface area contributed by atoms with Gasteiger partial charge in [0.1, 0.15) is 11.9 Å². The van der Waals surface area contributed by atoms with Gasteiger partial charge in [-0.2, -0.15) is 5.26 Å². The molecule has 74 valence electrons. The summed E-state index contributed by atoms with van der Waals surface area (Å²) in [5.74, 6) is -0.579. The molecule has 0 spiro atoms. The molecule has 0 aliphatic rings. The maximum Gasteiger partial charge on any atom is 0.140 e. The van der Waals surface area contributed by atoms with Crippen molar-refractivity contribution >= 4 is 0 Å². The molecule has 0 heterocycles. The third kappa shape index (κ3) is 1.90. The summed E-state index contributed by atoms with van der Waals surface area (Å²) in [6, 6.07) is 5.71. The highest BCUT2D eigenvalue weighted by atomic mass is 19.1. The lowest BCUT2D eigenvalue weighted by molar-refractivity contribution is 0.210. The lowest BCUT2D eigenvalue weighted by atomic mass is 9.93. The minimum atomic E-state index is -0.945. The van der Waals surface area contributed by atoms with E-state index in [1.165, 1.54) is 18.2 Å². The molecule has 0 amide bonds. The van der Waals surface area contributed by atoms with Crippen LogP contribution < -0.4 is 5.73 Å². The topological polar surface area (TPSA) is 70.0 Å². The Kier molecular flexibility index (Phi) is 2.84. The number of aliphatic hydroxyl groups is 1. The van der Waals surface area contributed by atoms with Crippen LogP contribution in [-0.2, 0) is 5.54 Å². The average molecular weight is 194 g/mol. The van der Waals surface area contributed by atoms with Gasteiger partial charge in [0.2, 0.25) is 0 Å². The Morgan fingerprint density at radius 3 is 2.79 bits per heavy atom. The Morgan fingerprint density at radius 2 is 2.29 bits per heavy atom. The number of halogens is 1. The van der Waals surface area contributed by atoms with Crippen LogP contribution >= 0.6 is 0 Å². The van der Waals surface area contributed by atoms with Crippen molar-refractivity contribution in [3.8, 4) is 6.07 Å². The van der Waals surface area contributed by atoms with Crippen molar-refractivity contribution in [1.29, 1.82) is 5.26 Å². The van der Waals surface area contributed by atoms with E-state index in [0.717, 1.165) is 0 Å². The molecule has 3 N–H and O–H groups in total. The zero-order valence-corrected chi connectivity index (χ0v) is 7.79. The van der Waals surface area contributed by atoms with Gasteiger partial charge in [-0.3, -0.25) is 0 Å². The van der Waals surface area contributed by atoms with Gasteiger partial charge in [-0.15, -0.1) is 0 Å². The summed E-state index contributed by atoms with van der Waals surface area (Å²) >= 11 is 0. The zero-order valence-electron chi connectivity index (χ0n) is 7.79. The molecular formula is C10H11FN2O. The number of benzene rings is 1. The van der Waals surface area contributed by atoms with Crippen molar-refractivity contribution < 1.29 is 9.50 Å². The molecule has 0 radical (unpaired) electrons. The van der Waals surface area contributed by atoms with Gasteiger partial charge >= 0.3 is 0 Å². The SMILES string of the molecule is C[C@@](N)(CO)c1ccc(F)c(C#N)c1. The van der Waals surface area contributed by atoms with E-state index in [0.29, 0.717) is 5.56 Å². The first-order valence-corrected chi connectivity index (χ1v) is 4.11. The normalized spacial score (nSPS) is 14.5. The van der Waals surface area contributed by atoms with E-state index in [9.17, 15) is 4.39 Å². The van der Waals surface area contributed by atoms with E-state index >= 15 is 0 Å². The second-order valence-corrected chi connectivity index (χ2v) is 3.38. The van der Waals surface area contributed by atoms with Crippen molar-refractivity contribution in [2.24, 2.45) is 5.73 Å². The second kappa shape index (κ2) is 3.74. The Hall–Kier alpha value is -1.44. The van der Waals surface area contributed by atoms with E-state index in [4.69, 9.17) is 16.1 Å². The monoisotopic (exact) mass is 194 g/mol. The van der Waals surface area contributed by atoms with Gasteiger partial charge in [0, 0.05) is 0 Å². The molecule has 1 atom stereocenters. The van der Waals surface area contributed by atoms with E-state index in [2.05, 4.69) is 0 Å². The minimum absolute atomic E-state index is 0.0624. The third-order valence-electron chi connectivity index (χ3n) is 2.07. The highest BCUT2D eigenvalue weighted by molar-refractivity contribution is 5.37. The molecule has 0 aliphatic carbocycles. The Labute approximate surface area is 81.6 Å². The molecule has 0 aromatic heterocycles. The van der Waals surface area contributed by atoms with E-state index in [-0.39, 0.29) is 12.2 Å². The number of hydrogen-bond acceptors (Lipinski definition) is 3. The molecule has 1 aromatic carbocycles. The summed E-state index contributed by atoms with van der Waals surface area (Å²) in [6.45, 7) is 1.35. The zero-order chi connectivity index (χ0) is 10.8. The van der Waals surface area contributed by atoms with E-state index in [1.807, 2.05) is 0 Å². The van der Waals surface area contributed by atoms with E-state index in [1.54, 1.807) is 13.0 Å². The third-order valence-corrected chi connectivity index (χ3v) is 2.07. The summed E-state index contributed by atoms with van der Waals surface area (Å²) in [6.07, 6.45) is 0. The fourth-order valence-corrected chi connectivity index (χ4v) is 1.06. The van der Waals surface area contributed by atoms with Crippen molar-refractivity contribution in [3.05, 3.63) is 35.1 Å². The lowest BCUT2D eigenvalue weighted by Gasteiger charge is -2.22. The van der Waals surface area contributed by atoms with Gasteiger partial charge in [0.15, 0.2) is 0 Å². The molecule has 3 nitrogen and oxygen atoms in total. The van der Waals surface area contributed by atoms with Crippen LogP contribution in [0.3, 0.4) is 0 Å². The first kappa shape index (κ1) is 10.6. The van der Waals surface area contributed by atoms with Crippen LogP contribution in [0.15, 0.2) is 18.2 Å². The summed E-state index contributed by atoms with van der Waals surface area (Å²) in [7, 11) is 0. The van der Waals surface area contributed by atoms with E-state index < -0.39 is 11.4 Å². The Morgan fingerprint density at radius 1 is 1.64 bits per heavy atom. The summed E-state index contributed by atoms with van der Waals surface area (Å²) in [4.78, 5) is 0. The van der Waals surface area contributed by atoms with Crippen molar-refractivity contribution in [2.75, 3.05) is 6.61 Å². The first-order chi connectivity index (χ1) is 6.51. The standard InChI is InChI=1S/C10H11FN2O/c1-10(13,6-14)8-2-3-9(11)7(4-8)5-12/h2-4,14H,6,13H2,1H3/t10-/m1/s1. The van der Waals surface area contributed by atoms with Crippen LogP contribution in [0.1, 0.15) is 18.1 Å². The lowest BCUT2D eigenvalue weighted by Crippen LogP contribution is -2.37. The van der Waals surface area contributed by atoms with Crippen molar-refractivity contribution in [1.82, 2.24) is 0 Å². The number of nitriles is 1. The summed E-state index contributed by atoms with van der Waals surface area (Å²) in [5, 5.41) is 17.6. The number of rotatable bonds is 2. The molecule has 14 heavy (non-hydrogen) atoms. The van der Waals surface area contributed by atoms with Crippen LogP contribution in [0.2, 0.25) is 0 Å². The van der Waals surface area contributed by atoms with Crippen LogP contribution in [0.5, 0.6) is 0 Å². The van der Waals surface area contributed by atoms with Crippen molar-refractivity contribution in [3.63, 3.8) is 0 Å². The number of nitrogens with zero attached hydrogens (tertiary/aromatic N) is 1. The predicted molar refractivity (Wildman–Crippen MR) is 49.7 cm³/mol. The Balaban J connectivity index is 3.21. The fraction of sp³-hybridized carbons (Fsp3) is 0.300. The molecule has 0 saturated carbocycles. The highest BCUT2D eigenvalue weighted by Gasteiger charge is 2.20. The second-order valence-electron chi connectivity index (χ2n) is 3.38. The quantitative estimate of drug-likeness (QED) is 0.733.